The van der Waals surface area contributed by atoms with Gasteiger partial charge in [0.2, 0.25) is 0 Å². The molecule has 0 atom stereocenters. The number of hydrogen-bond donors (Lipinski definition) is 0. The van der Waals surface area contributed by atoms with Crippen molar-refractivity contribution in [3.05, 3.63) is 53.6 Å². The van der Waals surface area contributed by atoms with E-state index in [4.69, 9.17) is 4.74 Å². The molecule has 0 amide bonds. The highest BCUT2D eigenvalue weighted by molar-refractivity contribution is 5.89. The monoisotopic (exact) mass is 298 g/mol. The molecule has 0 N–H and O–H groups in total. The second-order valence-electron chi connectivity index (χ2n) is 5.94. The number of ether oxygens (including phenoxy) is 1. The molecule has 3 rings (SSSR count). The van der Waals surface area contributed by atoms with Crippen LogP contribution in [0.25, 0.3) is 0 Å². The summed E-state index contributed by atoms with van der Waals surface area (Å²) in [4.78, 5) is 16.0. The third-order valence-electron chi connectivity index (χ3n) is 4.45. The molecular weight excluding hydrogens is 276 g/mol. The molecule has 0 spiro atoms. The van der Waals surface area contributed by atoms with Gasteiger partial charge < -0.3 is 9.30 Å². The lowest BCUT2D eigenvalue weighted by atomic mass is 9.88. The molecule has 1 saturated carbocycles. The molecule has 1 aliphatic rings. The molecule has 0 aliphatic heterocycles. The Labute approximate surface area is 131 Å². The van der Waals surface area contributed by atoms with Crippen molar-refractivity contribution >= 4 is 5.97 Å². The minimum atomic E-state index is -0.294. The van der Waals surface area contributed by atoms with Gasteiger partial charge in [-0.2, -0.15) is 0 Å². The van der Waals surface area contributed by atoms with Crippen LogP contribution in [0.2, 0.25) is 0 Å². The maximum Gasteiger partial charge on any atom is 0.337 e. The number of hydrogen-bond acceptors (Lipinski definition) is 3. The summed E-state index contributed by atoms with van der Waals surface area (Å²) in [5, 5.41) is 0. The minimum Gasteiger partial charge on any atom is -0.465 e. The number of rotatable bonds is 4. The molecule has 1 heterocycles. The summed E-state index contributed by atoms with van der Waals surface area (Å²) in [6, 6.07) is 7.60. The Kier molecular flexibility index (Phi) is 4.56. The first-order valence-corrected chi connectivity index (χ1v) is 7.96. The van der Waals surface area contributed by atoms with Gasteiger partial charge in [0.15, 0.2) is 0 Å². The summed E-state index contributed by atoms with van der Waals surface area (Å²) in [7, 11) is 1.40. The molecule has 0 radical (unpaired) electrons. The lowest BCUT2D eigenvalue weighted by Crippen LogP contribution is -2.12. The maximum absolute atomic E-state index is 11.5. The van der Waals surface area contributed by atoms with Crippen LogP contribution in [0.15, 0.2) is 36.7 Å². The van der Waals surface area contributed by atoms with Gasteiger partial charge >= 0.3 is 5.97 Å². The summed E-state index contributed by atoms with van der Waals surface area (Å²) >= 11 is 0. The molecule has 4 nitrogen and oxygen atoms in total. The Hall–Kier alpha value is -2.10. The molecule has 0 saturated heterocycles. The first-order chi connectivity index (χ1) is 10.8. The number of carbonyl (C=O) groups is 1. The second kappa shape index (κ2) is 6.77. The number of aromatic nitrogens is 2. The molecule has 22 heavy (non-hydrogen) atoms. The van der Waals surface area contributed by atoms with E-state index in [1.807, 2.05) is 30.5 Å². The van der Waals surface area contributed by atoms with E-state index in [1.165, 1.54) is 50.6 Å². The Morgan fingerprint density at radius 1 is 1.23 bits per heavy atom. The highest BCUT2D eigenvalue weighted by atomic mass is 16.5. The second-order valence-corrected chi connectivity index (χ2v) is 5.94. The number of carbonyl (C=O) groups excluding carboxylic acids is 1. The van der Waals surface area contributed by atoms with Crippen LogP contribution in [-0.2, 0) is 11.3 Å². The maximum atomic E-state index is 11.5. The van der Waals surface area contributed by atoms with Gasteiger partial charge in [0, 0.05) is 24.9 Å². The number of nitrogens with zero attached hydrogens (tertiary/aromatic N) is 2. The normalized spacial score (nSPS) is 15.7. The van der Waals surface area contributed by atoms with Crippen molar-refractivity contribution in [1.82, 2.24) is 9.55 Å². The van der Waals surface area contributed by atoms with Crippen molar-refractivity contribution in [3.8, 4) is 0 Å². The minimum absolute atomic E-state index is 0.294. The highest BCUT2D eigenvalue weighted by Crippen LogP contribution is 2.31. The van der Waals surface area contributed by atoms with E-state index in [1.54, 1.807) is 0 Å². The number of imidazole rings is 1. The Morgan fingerprint density at radius 3 is 2.64 bits per heavy atom. The Bertz CT molecular complexity index is 625. The third-order valence-corrected chi connectivity index (χ3v) is 4.45. The fourth-order valence-electron chi connectivity index (χ4n) is 3.24. The van der Waals surface area contributed by atoms with Crippen LogP contribution < -0.4 is 0 Å². The average molecular weight is 298 g/mol. The number of esters is 1. The molecule has 1 aliphatic carbocycles. The van der Waals surface area contributed by atoms with Gasteiger partial charge in [-0.1, -0.05) is 31.4 Å². The van der Waals surface area contributed by atoms with E-state index >= 15 is 0 Å². The summed E-state index contributed by atoms with van der Waals surface area (Å²) in [5.74, 6) is 1.51. The van der Waals surface area contributed by atoms with Crippen LogP contribution in [0, 0.1) is 0 Å². The van der Waals surface area contributed by atoms with E-state index in [2.05, 4.69) is 15.7 Å². The zero-order valence-corrected chi connectivity index (χ0v) is 13.0. The molecule has 4 heteroatoms. The first kappa shape index (κ1) is 14.8. The molecule has 1 aromatic heterocycles. The smallest absolute Gasteiger partial charge is 0.337 e. The summed E-state index contributed by atoms with van der Waals surface area (Å²) in [6.07, 6.45) is 10.4. The fourth-order valence-corrected chi connectivity index (χ4v) is 3.24. The van der Waals surface area contributed by atoms with Crippen LogP contribution >= 0.6 is 0 Å². The van der Waals surface area contributed by atoms with E-state index in [0.717, 1.165) is 6.54 Å². The molecule has 0 bridgehead atoms. The van der Waals surface area contributed by atoms with E-state index < -0.39 is 0 Å². The molecule has 1 fully saturated rings. The standard InChI is InChI=1S/C18H22N2O2/c1-22-18(21)16-9-7-14(8-10-16)13-20-12-11-19-17(20)15-5-3-2-4-6-15/h7-12,15H,2-6,13H2,1H3. The summed E-state index contributed by atoms with van der Waals surface area (Å²) in [6.45, 7) is 0.799. The zero-order valence-electron chi connectivity index (χ0n) is 13.0. The van der Waals surface area contributed by atoms with Crippen molar-refractivity contribution in [2.24, 2.45) is 0 Å². The van der Waals surface area contributed by atoms with Gasteiger partial charge in [-0.25, -0.2) is 9.78 Å². The lowest BCUT2D eigenvalue weighted by Gasteiger charge is -2.22. The van der Waals surface area contributed by atoms with Crippen molar-refractivity contribution in [1.29, 1.82) is 0 Å². The molecule has 116 valence electrons. The van der Waals surface area contributed by atoms with E-state index in [9.17, 15) is 4.79 Å². The van der Waals surface area contributed by atoms with Crippen LogP contribution in [0.4, 0.5) is 0 Å². The fraction of sp³-hybridized carbons (Fsp3) is 0.444. The average Bonchev–Trinajstić information content (AvgIpc) is 3.04. The lowest BCUT2D eigenvalue weighted by molar-refractivity contribution is 0.0600. The summed E-state index contributed by atoms with van der Waals surface area (Å²) < 4.78 is 6.97. The molecule has 2 aromatic rings. The van der Waals surface area contributed by atoms with Crippen LogP contribution in [0.1, 0.15) is 59.8 Å². The number of methoxy groups -OCH3 is 1. The van der Waals surface area contributed by atoms with E-state index in [-0.39, 0.29) is 5.97 Å². The van der Waals surface area contributed by atoms with Gasteiger partial charge in [0.1, 0.15) is 5.82 Å². The highest BCUT2D eigenvalue weighted by Gasteiger charge is 2.19. The topological polar surface area (TPSA) is 44.1 Å². The van der Waals surface area contributed by atoms with Gasteiger partial charge in [-0.15, -0.1) is 0 Å². The Balaban J connectivity index is 1.73. The van der Waals surface area contributed by atoms with Gasteiger partial charge in [0.25, 0.3) is 0 Å². The Morgan fingerprint density at radius 2 is 1.95 bits per heavy atom. The largest absolute Gasteiger partial charge is 0.465 e. The quantitative estimate of drug-likeness (QED) is 0.807. The van der Waals surface area contributed by atoms with Crippen LogP contribution in [-0.4, -0.2) is 22.6 Å². The van der Waals surface area contributed by atoms with E-state index in [0.29, 0.717) is 11.5 Å². The van der Waals surface area contributed by atoms with Gasteiger partial charge in [-0.3, -0.25) is 0 Å². The van der Waals surface area contributed by atoms with Crippen LogP contribution in [0.5, 0.6) is 0 Å². The van der Waals surface area contributed by atoms with Crippen LogP contribution in [0.3, 0.4) is 0 Å². The van der Waals surface area contributed by atoms with Crippen molar-refractivity contribution in [3.63, 3.8) is 0 Å². The molecular formula is C18H22N2O2. The predicted molar refractivity (Wildman–Crippen MR) is 84.9 cm³/mol. The van der Waals surface area contributed by atoms with Gasteiger partial charge in [-0.05, 0) is 30.5 Å². The van der Waals surface area contributed by atoms with Crippen molar-refractivity contribution < 1.29 is 9.53 Å². The molecule has 1 aromatic carbocycles. The predicted octanol–water partition coefficient (Wildman–Crippen LogP) is 3.77. The van der Waals surface area contributed by atoms with Gasteiger partial charge in [0.05, 0.1) is 12.7 Å². The third kappa shape index (κ3) is 3.21. The number of benzene rings is 1. The summed E-state index contributed by atoms with van der Waals surface area (Å²) in [5.41, 5.74) is 1.76. The SMILES string of the molecule is COC(=O)c1ccc(Cn2ccnc2C2CCCCC2)cc1. The zero-order chi connectivity index (χ0) is 15.4. The molecule has 0 unspecified atom stereocenters. The first-order valence-electron chi connectivity index (χ1n) is 7.96. The van der Waals surface area contributed by atoms with Crippen molar-refractivity contribution in [2.45, 2.75) is 44.6 Å². The van der Waals surface area contributed by atoms with Crippen molar-refractivity contribution in [2.75, 3.05) is 7.11 Å².